The Morgan fingerprint density at radius 1 is 1.29 bits per heavy atom. The fourth-order valence-electron chi connectivity index (χ4n) is 2.93. The van der Waals surface area contributed by atoms with E-state index in [4.69, 9.17) is 16.3 Å². The van der Waals surface area contributed by atoms with E-state index in [1.165, 1.54) is 7.11 Å². The first-order chi connectivity index (χ1) is 13.4. The summed E-state index contributed by atoms with van der Waals surface area (Å²) in [4.78, 5) is 24.0. The van der Waals surface area contributed by atoms with Crippen molar-refractivity contribution in [2.75, 3.05) is 12.4 Å². The van der Waals surface area contributed by atoms with Crippen LogP contribution < -0.4 is 10.6 Å². The summed E-state index contributed by atoms with van der Waals surface area (Å²) in [5.74, 6) is -0.318. The molecular formula is C19H19ClN4O3S. The number of aryl methyl sites for hydroxylation is 1. The van der Waals surface area contributed by atoms with Crippen molar-refractivity contribution >= 4 is 45.7 Å². The summed E-state index contributed by atoms with van der Waals surface area (Å²) >= 11 is 7.48. The number of ether oxygens (including phenoxy) is 1. The Hall–Kier alpha value is -2.71. The van der Waals surface area contributed by atoms with Gasteiger partial charge in [-0.3, -0.25) is 5.32 Å². The van der Waals surface area contributed by atoms with Gasteiger partial charge in [-0.1, -0.05) is 29.1 Å². The fraction of sp³-hybridized carbons (Fsp3) is 0.263. The molecule has 1 aromatic heterocycles. The molecule has 146 valence electrons. The summed E-state index contributed by atoms with van der Waals surface area (Å²) in [5.41, 5.74) is 3.67. The second-order valence-corrected chi connectivity index (χ2v) is 7.53. The molecule has 7 nitrogen and oxygen atoms in total. The number of carbonyl (C=O) groups is 2. The highest BCUT2D eigenvalue weighted by Crippen LogP contribution is 2.35. The Bertz CT molecular complexity index is 983. The highest BCUT2D eigenvalue weighted by Gasteiger charge is 2.21. The summed E-state index contributed by atoms with van der Waals surface area (Å²) in [5, 5.41) is 10.6. The molecule has 0 fully saturated rings. The lowest BCUT2D eigenvalue weighted by Gasteiger charge is -2.23. The van der Waals surface area contributed by atoms with Crippen LogP contribution in [0.4, 0.5) is 9.80 Å². The van der Waals surface area contributed by atoms with Gasteiger partial charge in [-0.05, 0) is 54.7 Å². The second-order valence-electron chi connectivity index (χ2n) is 6.37. The van der Waals surface area contributed by atoms with Gasteiger partial charge in [-0.2, -0.15) is 0 Å². The van der Waals surface area contributed by atoms with Crippen LogP contribution in [0.2, 0.25) is 5.02 Å². The van der Waals surface area contributed by atoms with Gasteiger partial charge in [-0.25, -0.2) is 9.59 Å². The van der Waals surface area contributed by atoms with Crippen molar-refractivity contribution in [2.24, 2.45) is 5.92 Å². The number of benzene rings is 1. The van der Waals surface area contributed by atoms with Crippen LogP contribution in [-0.4, -0.2) is 28.7 Å². The van der Waals surface area contributed by atoms with Crippen molar-refractivity contribution in [2.45, 2.75) is 20.3 Å². The molecule has 28 heavy (non-hydrogen) atoms. The minimum Gasteiger partial charge on any atom is -0.465 e. The lowest BCUT2D eigenvalue weighted by Crippen LogP contribution is -2.29. The van der Waals surface area contributed by atoms with Crippen LogP contribution in [-0.2, 0) is 4.74 Å². The third-order valence-electron chi connectivity index (χ3n) is 4.37. The van der Waals surface area contributed by atoms with Gasteiger partial charge in [0, 0.05) is 22.3 Å². The predicted octanol–water partition coefficient (Wildman–Crippen LogP) is 4.42. The lowest BCUT2D eigenvalue weighted by molar-refractivity contribution is 0.0600. The van der Waals surface area contributed by atoms with Crippen LogP contribution in [0.15, 0.2) is 36.0 Å². The number of hydrogen-bond acceptors (Lipinski definition) is 6. The number of rotatable bonds is 4. The Morgan fingerprint density at radius 3 is 2.71 bits per heavy atom. The molecule has 2 amide bonds. The first-order valence-corrected chi connectivity index (χ1v) is 9.70. The van der Waals surface area contributed by atoms with Gasteiger partial charge < -0.3 is 10.1 Å². The first-order valence-electron chi connectivity index (χ1n) is 8.55. The molecule has 1 heterocycles. The molecule has 0 spiro atoms. The van der Waals surface area contributed by atoms with Gasteiger partial charge in [0.15, 0.2) is 0 Å². The number of allylic oxidation sites excluding steroid dienone is 4. The van der Waals surface area contributed by atoms with E-state index in [1.54, 1.807) is 25.1 Å². The number of nitrogens with one attached hydrogen (secondary N) is 2. The van der Waals surface area contributed by atoms with Crippen molar-refractivity contribution in [1.29, 1.82) is 0 Å². The van der Waals surface area contributed by atoms with Crippen LogP contribution in [0, 0.1) is 12.8 Å². The van der Waals surface area contributed by atoms with Gasteiger partial charge in [0.25, 0.3) is 0 Å². The normalized spacial score (nSPS) is 16.1. The van der Waals surface area contributed by atoms with E-state index in [0.29, 0.717) is 27.7 Å². The number of amides is 2. The molecule has 0 bridgehead atoms. The molecular weight excluding hydrogens is 400 g/mol. The minimum absolute atomic E-state index is 0.0949. The molecule has 2 aromatic rings. The minimum atomic E-state index is -0.413. The highest BCUT2D eigenvalue weighted by atomic mass is 35.5. The number of carbonyl (C=O) groups excluding carboxylic acids is 2. The maximum absolute atomic E-state index is 12.2. The summed E-state index contributed by atoms with van der Waals surface area (Å²) in [6.45, 7) is 3.82. The zero-order chi connectivity index (χ0) is 20.3. The predicted molar refractivity (Wildman–Crippen MR) is 109 cm³/mol. The number of anilines is 1. The van der Waals surface area contributed by atoms with Crippen molar-refractivity contribution in [1.82, 2.24) is 14.9 Å². The van der Waals surface area contributed by atoms with Crippen LogP contribution >= 0.6 is 23.1 Å². The number of urea groups is 1. The maximum atomic E-state index is 12.2. The van der Waals surface area contributed by atoms with Crippen molar-refractivity contribution in [3.8, 4) is 0 Å². The Morgan fingerprint density at radius 2 is 2.07 bits per heavy atom. The SMILES string of the molecule is COC(=O)c1ccc(Cl)c(C2=CC=C(NC(=O)Nc3snnc3C)CC2C)c1. The van der Waals surface area contributed by atoms with E-state index in [9.17, 15) is 9.59 Å². The van der Waals surface area contributed by atoms with E-state index in [-0.39, 0.29) is 11.9 Å². The molecule has 0 saturated heterocycles. The zero-order valence-electron chi connectivity index (χ0n) is 15.6. The zero-order valence-corrected chi connectivity index (χ0v) is 17.1. The Kier molecular flexibility index (Phi) is 6.11. The lowest BCUT2D eigenvalue weighted by atomic mass is 9.86. The molecule has 1 aromatic carbocycles. The van der Waals surface area contributed by atoms with Crippen molar-refractivity contribution < 1.29 is 14.3 Å². The molecule has 9 heteroatoms. The summed E-state index contributed by atoms with van der Waals surface area (Å²) in [7, 11) is 1.34. The van der Waals surface area contributed by atoms with Gasteiger partial charge in [0.2, 0.25) is 0 Å². The number of methoxy groups -OCH3 is 1. The number of hydrogen-bond donors (Lipinski definition) is 2. The number of esters is 1. The molecule has 1 atom stereocenters. The van der Waals surface area contributed by atoms with Crippen LogP contribution in [0.25, 0.3) is 5.57 Å². The van der Waals surface area contributed by atoms with E-state index in [0.717, 1.165) is 28.4 Å². The standard InChI is InChI=1S/C19H19ClN4O3S/c1-10-8-13(21-19(26)22-17-11(2)23-24-28-17)5-6-14(10)15-9-12(18(25)27-3)4-7-16(15)20/h4-7,9-10H,8H2,1-3H3,(H2,21,22,26). The van der Waals surface area contributed by atoms with Crippen LogP contribution in [0.3, 0.4) is 0 Å². The van der Waals surface area contributed by atoms with Crippen molar-refractivity contribution in [3.63, 3.8) is 0 Å². The topological polar surface area (TPSA) is 93.2 Å². The monoisotopic (exact) mass is 418 g/mol. The second kappa shape index (κ2) is 8.53. The third-order valence-corrected chi connectivity index (χ3v) is 5.45. The molecule has 3 rings (SSSR count). The summed E-state index contributed by atoms with van der Waals surface area (Å²) < 4.78 is 8.57. The highest BCUT2D eigenvalue weighted by molar-refractivity contribution is 7.10. The average Bonchev–Trinajstić information content (AvgIpc) is 3.06. The smallest absolute Gasteiger partial charge is 0.337 e. The number of aromatic nitrogens is 2. The maximum Gasteiger partial charge on any atom is 0.337 e. The van der Waals surface area contributed by atoms with Gasteiger partial charge in [-0.15, -0.1) is 5.10 Å². The Balaban J connectivity index is 1.77. The average molecular weight is 419 g/mol. The van der Waals surface area contributed by atoms with Gasteiger partial charge in [0.1, 0.15) is 5.00 Å². The number of halogens is 1. The van der Waals surface area contributed by atoms with E-state index in [1.807, 2.05) is 19.1 Å². The third kappa shape index (κ3) is 4.40. The fourth-order valence-corrected chi connectivity index (χ4v) is 3.71. The summed E-state index contributed by atoms with van der Waals surface area (Å²) in [6, 6.07) is 4.72. The van der Waals surface area contributed by atoms with E-state index in [2.05, 4.69) is 20.2 Å². The summed E-state index contributed by atoms with van der Waals surface area (Å²) in [6.07, 6.45) is 4.37. The molecule has 1 unspecified atom stereocenters. The Labute approximate surface area is 171 Å². The van der Waals surface area contributed by atoms with Crippen molar-refractivity contribution in [3.05, 3.63) is 57.9 Å². The van der Waals surface area contributed by atoms with E-state index < -0.39 is 5.97 Å². The largest absolute Gasteiger partial charge is 0.465 e. The van der Waals surface area contributed by atoms with Crippen LogP contribution in [0.5, 0.6) is 0 Å². The molecule has 1 aliphatic carbocycles. The quantitative estimate of drug-likeness (QED) is 0.717. The first kappa shape index (κ1) is 20.0. The van der Waals surface area contributed by atoms with E-state index >= 15 is 0 Å². The molecule has 1 aliphatic rings. The molecule has 0 radical (unpaired) electrons. The molecule has 2 N–H and O–H groups in total. The van der Waals surface area contributed by atoms with Gasteiger partial charge >= 0.3 is 12.0 Å². The molecule has 0 aliphatic heterocycles. The van der Waals surface area contributed by atoms with Gasteiger partial charge in [0.05, 0.1) is 18.4 Å². The molecule has 0 saturated carbocycles. The van der Waals surface area contributed by atoms with Crippen LogP contribution in [0.1, 0.15) is 35.0 Å². The number of nitrogens with zero attached hydrogens (tertiary/aromatic N) is 2.